The lowest BCUT2D eigenvalue weighted by Gasteiger charge is -2.17. The molecule has 3 aromatic rings. The maximum absolute atomic E-state index is 12.7. The zero-order valence-corrected chi connectivity index (χ0v) is 13.1. The average Bonchev–Trinajstić information content (AvgIpc) is 3.41. The molecule has 0 spiro atoms. The highest BCUT2D eigenvalue weighted by atomic mass is 16.1. The summed E-state index contributed by atoms with van der Waals surface area (Å²) in [7, 11) is 0. The summed E-state index contributed by atoms with van der Waals surface area (Å²) in [5, 5.41) is 0.682. The Morgan fingerprint density at radius 2 is 2.12 bits per heavy atom. The van der Waals surface area contributed by atoms with E-state index in [1.54, 1.807) is 6.20 Å². The summed E-state index contributed by atoms with van der Waals surface area (Å²) in [5.74, 6) is 8.35. The van der Waals surface area contributed by atoms with Crippen molar-refractivity contribution in [2.45, 2.75) is 25.3 Å². The van der Waals surface area contributed by atoms with E-state index in [4.69, 9.17) is 4.98 Å². The van der Waals surface area contributed by atoms with Crippen molar-refractivity contribution in [2.24, 2.45) is 5.92 Å². The normalized spacial score (nSPS) is 20.7. The van der Waals surface area contributed by atoms with Crippen molar-refractivity contribution in [3.63, 3.8) is 0 Å². The first kappa shape index (κ1) is 13.5. The number of fused-ring (bicyclic) bond motifs is 4. The molecule has 2 aliphatic rings. The molecule has 4 nitrogen and oxygen atoms in total. The molecule has 2 unspecified atom stereocenters. The van der Waals surface area contributed by atoms with Gasteiger partial charge < -0.3 is 0 Å². The zero-order valence-electron chi connectivity index (χ0n) is 13.1. The first-order chi connectivity index (χ1) is 11.8. The molecule has 5 rings (SSSR count). The van der Waals surface area contributed by atoms with Crippen LogP contribution in [0.4, 0.5) is 0 Å². The smallest absolute Gasteiger partial charge is 0.261 e. The second kappa shape index (κ2) is 5.04. The lowest BCUT2D eigenvalue weighted by atomic mass is 10.1. The first-order valence-electron chi connectivity index (χ1n) is 8.27. The minimum atomic E-state index is 0.0876. The van der Waals surface area contributed by atoms with E-state index >= 15 is 0 Å². The second-order valence-corrected chi connectivity index (χ2v) is 6.51. The van der Waals surface area contributed by atoms with Gasteiger partial charge in [0.2, 0.25) is 0 Å². The molecule has 1 aliphatic heterocycles. The van der Waals surface area contributed by atoms with Crippen LogP contribution < -0.4 is 5.56 Å². The Bertz CT molecular complexity index is 1070. The van der Waals surface area contributed by atoms with Gasteiger partial charge in [-0.15, -0.1) is 0 Å². The van der Waals surface area contributed by atoms with Crippen molar-refractivity contribution in [2.75, 3.05) is 0 Å². The van der Waals surface area contributed by atoms with Crippen LogP contribution in [-0.4, -0.2) is 14.5 Å². The molecule has 0 amide bonds. The predicted molar refractivity (Wildman–Crippen MR) is 91.7 cm³/mol. The fourth-order valence-corrected chi connectivity index (χ4v) is 3.57. The molecule has 1 saturated carbocycles. The van der Waals surface area contributed by atoms with Gasteiger partial charge >= 0.3 is 0 Å². The van der Waals surface area contributed by atoms with Gasteiger partial charge in [-0.1, -0.05) is 12.0 Å². The van der Waals surface area contributed by atoms with E-state index < -0.39 is 0 Å². The maximum atomic E-state index is 12.7. The SMILES string of the molecule is O=c1c2ccc(C#Cc3ccccn3)cc2nc2n1CCC1CC21. The Labute approximate surface area is 139 Å². The Morgan fingerprint density at radius 3 is 3.00 bits per heavy atom. The minimum Gasteiger partial charge on any atom is -0.296 e. The molecule has 2 atom stereocenters. The van der Waals surface area contributed by atoms with E-state index in [9.17, 15) is 4.79 Å². The van der Waals surface area contributed by atoms with Crippen molar-refractivity contribution >= 4 is 10.9 Å². The molecule has 0 saturated heterocycles. The van der Waals surface area contributed by atoms with Crippen molar-refractivity contribution in [1.29, 1.82) is 0 Å². The van der Waals surface area contributed by atoms with Crippen LogP contribution in [0.2, 0.25) is 0 Å². The molecule has 0 N–H and O–H groups in total. The summed E-state index contributed by atoms with van der Waals surface area (Å²) in [4.78, 5) is 21.7. The topological polar surface area (TPSA) is 47.8 Å². The number of nitrogens with zero attached hydrogens (tertiary/aromatic N) is 3. The molecule has 1 aromatic carbocycles. The van der Waals surface area contributed by atoms with Crippen molar-refractivity contribution < 1.29 is 0 Å². The number of rotatable bonds is 0. The molecule has 1 fully saturated rings. The van der Waals surface area contributed by atoms with Crippen molar-refractivity contribution in [3.8, 4) is 11.8 Å². The van der Waals surface area contributed by atoms with E-state index in [-0.39, 0.29) is 5.56 Å². The molecule has 0 bridgehead atoms. The fourth-order valence-electron chi connectivity index (χ4n) is 3.57. The third-order valence-corrected chi connectivity index (χ3v) is 4.96. The molecular weight excluding hydrogens is 298 g/mol. The van der Waals surface area contributed by atoms with Gasteiger partial charge in [0.05, 0.1) is 10.9 Å². The molecule has 0 radical (unpaired) electrons. The van der Waals surface area contributed by atoms with Gasteiger partial charge in [-0.2, -0.15) is 0 Å². The van der Waals surface area contributed by atoms with E-state index in [0.717, 1.165) is 41.5 Å². The predicted octanol–water partition coefficient (Wildman–Crippen LogP) is 2.70. The molecular formula is C20H15N3O. The molecule has 2 aromatic heterocycles. The third-order valence-electron chi connectivity index (χ3n) is 4.96. The van der Waals surface area contributed by atoms with Gasteiger partial charge in [-0.05, 0) is 55.0 Å². The van der Waals surface area contributed by atoms with Crippen LogP contribution in [0.25, 0.3) is 10.9 Å². The van der Waals surface area contributed by atoms with Crippen molar-refractivity contribution in [3.05, 3.63) is 70.0 Å². The highest BCUT2D eigenvalue weighted by Gasteiger charge is 2.44. The van der Waals surface area contributed by atoms with E-state index in [0.29, 0.717) is 11.3 Å². The van der Waals surface area contributed by atoms with Crippen LogP contribution in [0.1, 0.15) is 35.8 Å². The summed E-state index contributed by atoms with van der Waals surface area (Å²) in [6.45, 7) is 0.805. The number of benzene rings is 1. The highest BCUT2D eigenvalue weighted by molar-refractivity contribution is 5.79. The largest absolute Gasteiger partial charge is 0.296 e. The number of hydrogen-bond acceptors (Lipinski definition) is 3. The fraction of sp³-hybridized carbons (Fsp3) is 0.250. The average molecular weight is 313 g/mol. The van der Waals surface area contributed by atoms with Crippen LogP contribution >= 0.6 is 0 Å². The van der Waals surface area contributed by atoms with Gasteiger partial charge in [-0.25, -0.2) is 9.97 Å². The van der Waals surface area contributed by atoms with Crippen LogP contribution in [0.3, 0.4) is 0 Å². The molecule has 116 valence electrons. The summed E-state index contributed by atoms with van der Waals surface area (Å²) in [6, 6.07) is 11.3. The minimum absolute atomic E-state index is 0.0876. The first-order valence-corrected chi connectivity index (χ1v) is 8.27. The lowest BCUT2D eigenvalue weighted by molar-refractivity contribution is 0.498. The van der Waals surface area contributed by atoms with Crippen LogP contribution in [0.5, 0.6) is 0 Å². The van der Waals surface area contributed by atoms with Crippen LogP contribution in [0, 0.1) is 17.8 Å². The van der Waals surface area contributed by atoms with Crippen LogP contribution in [-0.2, 0) is 6.54 Å². The molecule has 24 heavy (non-hydrogen) atoms. The second-order valence-electron chi connectivity index (χ2n) is 6.51. The Morgan fingerprint density at radius 1 is 1.17 bits per heavy atom. The van der Waals surface area contributed by atoms with Gasteiger partial charge in [0, 0.05) is 24.2 Å². The van der Waals surface area contributed by atoms with Gasteiger partial charge in [-0.3, -0.25) is 9.36 Å². The molecule has 1 aliphatic carbocycles. The van der Waals surface area contributed by atoms with Gasteiger partial charge in [0.15, 0.2) is 0 Å². The Kier molecular flexibility index (Phi) is 2.83. The summed E-state index contributed by atoms with van der Waals surface area (Å²) >= 11 is 0. The van der Waals surface area contributed by atoms with E-state index in [2.05, 4.69) is 16.8 Å². The quantitative estimate of drug-likeness (QED) is 0.600. The standard InChI is InChI=1S/C20H15N3O/c24-20-16-7-5-13(4-6-15-3-1-2-9-21-15)11-18(16)22-19-17-12-14(17)8-10-23(19)20/h1-3,5,7,9,11,14,17H,8,10,12H2. The molecule has 4 heteroatoms. The molecule has 3 heterocycles. The number of hydrogen-bond donors (Lipinski definition) is 0. The van der Waals surface area contributed by atoms with Gasteiger partial charge in [0.25, 0.3) is 5.56 Å². The highest BCUT2D eigenvalue weighted by Crippen LogP contribution is 2.51. The Hall–Kier alpha value is -2.93. The lowest BCUT2D eigenvalue weighted by Crippen LogP contribution is -2.27. The number of pyridine rings is 1. The monoisotopic (exact) mass is 313 g/mol. The maximum Gasteiger partial charge on any atom is 0.261 e. The van der Waals surface area contributed by atoms with Crippen molar-refractivity contribution in [1.82, 2.24) is 14.5 Å². The summed E-state index contributed by atoms with van der Waals surface area (Å²) in [5.41, 5.74) is 2.43. The van der Waals surface area contributed by atoms with E-state index in [1.807, 2.05) is 41.0 Å². The zero-order chi connectivity index (χ0) is 16.1. The Balaban J connectivity index is 1.61. The summed E-state index contributed by atoms with van der Waals surface area (Å²) < 4.78 is 1.87. The third kappa shape index (κ3) is 2.13. The summed E-state index contributed by atoms with van der Waals surface area (Å²) in [6.07, 6.45) is 4.01. The van der Waals surface area contributed by atoms with Gasteiger partial charge in [0.1, 0.15) is 11.5 Å². The number of aromatic nitrogens is 3. The van der Waals surface area contributed by atoms with Crippen LogP contribution in [0.15, 0.2) is 47.4 Å². The van der Waals surface area contributed by atoms with E-state index in [1.165, 1.54) is 6.42 Å².